The van der Waals surface area contributed by atoms with Crippen molar-refractivity contribution in [3.05, 3.63) is 45.1 Å². The summed E-state index contributed by atoms with van der Waals surface area (Å²) in [6, 6.07) is 7.35. The van der Waals surface area contributed by atoms with E-state index in [1.54, 1.807) is 12.1 Å². The van der Waals surface area contributed by atoms with E-state index in [0.717, 1.165) is 3.57 Å². The van der Waals surface area contributed by atoms with Crippen molar-refractivity contribution < 1.29 is 4.39 Å². The molecule has 0 fully saturated rings. The fourth-order valence-electron chi connectivity index (χ4n) is 1.16. The lowest BCUT2D eigenvalue weighted by atomic mass is 10.1. The van der Waals surface area contributed by atoms with Gasteiger partial charge in [-0.25, -0.2) is 14.4 Å². The maximum Gasteiger partial charge on any atom is 0.186 e. The Labute approximate surface area is 105 Å². The number of aromatic nitrogens is 2. The zero-order chi connectivity index (χ0) is 10.8. The highest BCUT2D eigenvalue weighted by Crippen LogP contribution is 2.24. The first-order valence-corrected chi connectivity index (χ1v) is 5.56. The molecule has 15 heavy (non-hydrogen) atoms. The van der Waals surface area contributed by atoms with Crippen molar-refractivity contribution in [2.24, 2.45) is 0 Å². The van der Waals surface area contributed by atoms with E-state index in [-0.39, 0.29) is 10.8 Å². The standard InChI is InChI=1S/C10H5ClFIN2/c11-10-8(12)9(14-5-15-10)6-1-3-7(13)4-2-6/h1-5H. The molecule has 5 heteroatoms. The van der Waals surface area contributed by atoms with Crippen molar-refractivity contribution in [1.82, 2.24) is 9.97 Å². The minimum Gasteiger partial charge on any atom is -0.233 e. The molecule has 0 aliphatic heterocycles. The van der Waals surface area contributed by atoms with Gasteiger partial charge in [0.2, 0.25) is 0 Å². The molecule has 0 bridgehead atoms. The van der Waals surface area contributed by atoms with Crippen LogP contribution in [0.3, 0.4) is 0 Å². The number of hydrogen-bond acceptors (Lipinski definition) is 2. The molecule has 0 radical (unpaired) electrons. The van der Waals surface area contributed by atoms with E-state index in [4.69, 9.17) is 11.6 Å². The third kappa shape index (κ3) is 2.26. The van der Waals surface area contributed by atoms with Gasteiger partial charge in [-0.05, 0) is 34.7 Å². The van der Waals surface area contributed by atoms with Crippen LogP contribution < -0.4 is 0 Å². The van der Waals surface area contributed by atoms with Gasteiger partial charge in [0.15, 0.2) is 11.0 Å². The number of nitrogens with zero attached hydrogens (tertiary/aromatic N) is 2. The largest absolute Gasteiger partial charge is 0.233 e. The van der Waals surface area contributed by atoms with Gasteiger partial charge >= 0.3 is 0 Å². The van der Waals surface area contributed by atoms with E-state index in [0.29, 0.717) is 5.56 Å². The lowest BCUT2D eigenvalue weighted by Crippen LogP contribution is -1.92. The maximum atomic E-state index is 13.5. The molecule has 0 spiro atoms. The van der Waals surface area contributed by atoms with Crippen molar-refractivity contribution in [2.75, 3.05) is 0 Å². The highest BCUT2D eigenvalue weighted by Gasteiger charge is 2.10. The minimum absolute atomic E-state index is 0.154. The van der Waals surface area contributed by atoms with Crippen LogP contribution in [0.2, 0.25) is 5.15 Å². The summed E-state index contributed by atoms with van der Waals surface area (Å²) in [5, 5.41) is -0.154. The summed E-state index contributed by atoms with van der Waals surface area (Å²) in [4.78, 5) is 7.43. The fourth-order valence-corrected chi connectivity index (χ4v) is 1.65. The summed E-state index contributed by atoms with van der Waals surface area (Å²) < 4.78 is 14.6. The van der Waals surface area contributed by atoms with Crippen LogP contribution in [0, 0.1) is 9.39 Å². The predicted molar refractivity (Wildman–Crippen MR) is 65.2 cm³/mol. The first kappa shape index (κ1) is 10.8. The molecular weight excluding hydrogens is 329 g/mol. The lowest BCUT2D eigenvalue weighted by Gasteiger charge is -2.02. The van der Waals surface area contributed by atoms with Crippen LogP contribution in [0.5, 0.6) is 0 Å². The van der Waals surface area contributed by atoms with Crippen LogP contribution >= 0.6 is 34.2 Å². The van der Waals surface area contributed by atoms with E-state index in [1.807, 2.05) is 12.1 Å². The average molecular weight is 335 g/mol. The summed E-state index contributed by atoms with van der Waals surface area (Å²) in [5.74, 6) is -0.583. The van der Waals surface area contributed by atoms with Gasteiger partial charge in [0.1, 0.15) is 12.0 Å². The summed E-state index contributed by atoms with van der Waals surface area (Å²) in [7, 11) is 0. The van der Waals surface area contributed by atoms with Gasteiger partial charge in [-0.3, -0.25) is 0 Å². The van der Waals surface area contributed by atoms with E-state index < -0.39 is 5.82 Å². The smallest absolute Gasteiger partial charge is 0.186 e. The Morgan fingerprint density at radius 1 is 1.13 bits per heavy atom. The molecule has 0 N–H and O–H groups in total. The molecule has 0 saturated heterocycles. The molecule has 2 nitrogen and oxygen atoms in total. The summed E-state index contributed by atoms with van der Waals surface area (Å²) in [6.07, 6.45) is 1.25. The Morgan fingerprint density at radius 2 is 1.80 bits per heavy atom. The monoisotopic (exact) mass is 334 g/mol. The Hall–Kier alpha value is -0.750. The first-order valence-electron chi connectivity index (χ1n) is 4.10. The molecule has 0 atom stereocenters. The molecule has 0 amide bonds. The van der Waals surface area contributed by atoms with Gasteiger partial charge in [0.25, 0.3) is 0 Å². The van der Waals surface area contributed by atoms with Crippen LogP contribution in [0.4, 0.5) is 4.39 Å². The van der Waals surface area contributed by atoms with Crippen molar-refractivity contribution in [2.45, 2.75) is 0 Å². The number of hydrogen-bond donors (Lipinski definition) is 0. The highest BCUT2D eigenvalue weighted by molar-refractivity contribution is 14.1. The summed E-state index contributed by atoms with van der Waals surface area (Å²) in [6.45, 7) is 0. The molecule has 1 heterocycles. The van der Waals surface area contributed by atoms with Crippen molar-refractivity contribution in [1.29, 1.82) is 0 Å². The van der Waals surface area contributed by atoms with E-state index >= 15 is 0 Å². The quantitative estimate of drug-likeness (QED) is 0.589. The molecule has 1 aromatic carbocycles. The maximum absolute atomic E-state index is 13.5. The number of halogens is 3. The molecule has 0 aliphatic rings. The molecule has 2 rings (SSSR count). The topological polar surface area (TPSA) is 25.8 Å². The molecule has 76 valence electrons. The van der Waals surface area contributed by atoms with Crippen molar-refractivity contribution in [3.63, 3.8) is 0 Å². The van der Waals surface area contributed by atoms with E-state index in [1.165, 1.54) is 6.33 Å². The Bertz CT molecular complexity index is 487. The number of rotatable bonds is 1. The zero-order valence-electron chi connectivity index (χ0n) is 7.42. The average Bonchev–Trinajstić information content (AvgIpc) is 2.24. The molecule has 2 aromatic rings. The minimum atomic E-state index is -0.583. The van der Waals surface area contributed by atoms with Crippen molar-refractivity contribution >= 4 is 34.2 Å². The normalized spacial score (nSPS) is 10.3. The van der Waals surface area contributed by atoms with Gasteiger partial charge in [-0.2, -0.15) is 0 Å². The van der Waals surface area contributed by atoms with Crippen LogP contribution in [0.15, 0.2) is 30.6 Å². The molecule has 0 unspecified atom stereocenters. The fraction of sp³-hybridized carbons (Fsp3) is 0. The Kier molecular flexibility index (Phi) is 3.16. The second-order valence-electron chi connectivity index (χ2n) is 2.83. The van der Waals surface area contributed by atoms with E-state index in [9.17, 15) is 4.39 Å². The SMILES string of the molecule is Fc1c(Cl)ncnc1-c1ccc(I)cc1. The van der Waals surface area contributed by atoms with E-state index in [2.05, 4.69) is 32.6 Å². The second-order valence-corrected chi connectivity index (χ2v) is 4.44. The van der Waals surface area contributed by atoms with Crippen LogP contribution in [-0.4, -0.2) is 9.97 Å². The molecule has 0 saturated carbocycles. The zero-order valence-corrected chi connectivity index (χ0v) is 10.3. The van der Waals surface area contributed by atoms with Gasteiger partial charge in [-0.15, -0.1) is 0 Å². The summed E-state index contributed by atoms with van der Waals surface area (Å²) in [5.41, 5.74) is 0.920. The van der Waals surface area contributed by atoms with Crippen LogP contribution in [0.25, 0.3) is 11.3 Å². The van der Waals surface area contributed by atoms with Crippen molar-refractivity contribution in [3.8, 4) is 11.3 Å². The molecular formula is C10H5ClFIN2. The molecule has 1 aromatic heterocycles. The highest BCUT2D eigenvalue weighted by atomic mass is 127. The van der Waals surface area contributed by atoms with Crippen LogP contribution in [0.1, 0.15) is 0 Å². The van der Waals surface area contributed by atoms with Gasteiger partial charge in [-0.1, -0.05) is 23.7 Å². The lowest BCUT2D eigenvalue weighted by molar-refractivity contribution is 0.618. The Balaban J connectivity index is 2.54. The van der Waals surface area contributed by atoms with Gasteiger partial charge in [0.05, 0.1) is 0 Å². The summed E-state index contributed by atoms with van der Waals surface area (Å²) >= 11 is 7.75. The van der Waals surface area contributed by atoms with Gasteiger partial charge < -0.3 is 0 Å². The first-order chi connectivity index (χ1) is 7.18. The third-order valence-corrected chi connectivity index (χ3v) is 2.85. The third-order valence-electron chi connectivity index (χ3n) is 1.86. The number of benzene rings is 1. The second kappa shape index (κ2) is 4.40. The Morgan fingerprint density at radius 3 is 2.47 bits per heavy atom. The van der Waals surface area contributed by atoms with Crippen LogP contribution in [-0.2, 0) is 0 Å². The predicted octanol–water partition coefficient (Wildman–Crippen LogP) is 3.54. The molecule has 0 aliphatic carbocycles. The van der Waals surface area contributed by atoms with Gasteiger partial charge in [0, 0.05) is 9.13 Å².